The maximum Gasteiger partial charge on any atom is 0.119 e. The molecule has 3 nitrogen and oxygen atoms in total. The molecule has 0 bridgehead atoms. The Morgan fingerprint density at radius 3 is 2.71 bits per heavy atom. The summed E-state index contributed by atoms with van der Waals surface area (Å²) in [6, 6.07) is 11.5. The summed E-state index contributed by atoms with van der Waals surface area (Å²) in [5.41, 5.74) is 1.99. The first-order valence-electron chi connectivity index (χ1n) is 6.72. The molecule has 1 heterocycles. The zero-order chi connectivity index (χ0) is 15.1. The molecule has 0 aliphatic heterocycles. The summed E-state index contributed by atoms with van der Waals surface area (Å²) in [4.78, 5) is 2.29. The quantitative estimate of drug-likeness (QED) is 0.687. The highest BCUT2D eigenvalue weighted by atomic mass is 79.9. The van der Waals surface area contributed by atoms with Crippen LogP contribution in [0, 0.1) is 11.3 Å². The van der Waals surface area contributed by atoms with Crippen molar-refractivity contribution in [3.8, 4) is 11.8 Å². The first-order valence-corrected chi connectivity index (χ1v) is 8.39. The second-order valence-electron chi connectivity index (χ2n) is 4.84. The molecule has 0 radical (unpaired) electrons. The van der Waals surface area contributed by atoms with E-state index in [9.17, 15) is 0 Å². The van der Waals surface area contributed by atoms with Gasteiger partial charge in [0.25, 0.3) is 0 Å². The van der Waals surface area contributed by atoms with Gasteiger partial charge in [-0.05, 0) is 70.7 Å². The largest absolute Gasteiger partial charge is 0.494 e. The molecule has 0 atom stereocenters. The third-order valence-corrected chi connectivity index (χ3v) is 4.56. The number of halogens is 1. The minimum atomic E-state index is 0.656. The Balaban J connectivity index is 1.65. The van der Waals surface area contributed by atoms with E-state index >= 15 is 0 Å². The lowest BCUT2D eigenvalue weighted by Gasteiger charge is -2.15. The molecule has 1 aromatic carbocycles. The zero-order valence-corrected chi connectivity index (χ0v) is 14.3. The molecule has 0 aliphatic carbocycles. The summed E-state index contributed by atoms with van der Waals surface area (Å²) >= 11 is 5.20. The van der Waals surface area contributed by atoms with Crippen molar-refractivity contribution in [3.63, 3.8) is 0 Å². The molecule has 0 spiro atoms. The Kier molecular flexibility index (Phi) is 6.24. The maximum atomic E-state index is 8.73. The predicted octanol–water partition coefficient (Wildman–Crippen LogP) is 4.28. The number of ether oxygens (including phenoxy) is 1. The zero-order valence-electron chi connectivity index (χ0n) is 11.9. The maximum absolute atomic E-state index is 8.73. The van der Waals surface area contributed by atoms with Gasteiger partial charge in [0.05, 0.1) is 22.0 Å². The Morgan fingerprint density at radius 1 is 1.33 bits per heavy atom. The molecular formula is C16H17BrN2OS. The van der Waals surface area contributed by atoms with Crippen molar-refractivity contribution in [2.45, 2.75) is 13.0 Å². The number of nitriles is 1. The monoisotopic (exact) mass is 364 g/mol. The van der Waals surface area contributed by atoms with Crippen molar-refractivity contribution in [3.05, 3.63) is 50.6 Å². The summed E-state index contributed by atoms with van der Waals surface area (Å²) in [5.74, 6) is 0.818. The molecule has 0 aliphatic rings. The summed E-state index contributed by atoms with van der Waals surface area (Å²) in [7, 11) is 2.12. The van der Waals surface area contributed by atoms with E-state index in [0.29, 0.717) is 12.2 Å². The Bertz CT molecular complexity index is 603. The fraction of sp³-hybridized carbons (Fsp3) is 0.312. The van der Waals surface area contributed by atoms with Gasteiger partial charge in [0, 0.05) is 13.1 Å². The smallest absolute Gasteiger partial charge is 0.119 e. The minimum Gasteiger partial charge on any atom is -0.494 e. The second kappa shape index (κ2) is 8.18. The first kappa shape index (κ1) is 16.0. The summed E-state index contributed by atoms with van der Waals surface area (Å²) < 4.78 is 6.84. The van der Waals surface area contributed by atoms with E-state index < -0.39 is 0 Å². The van der Waals surface area contributed by atoms with Crippen molar-refractivity contribution in [2.24, 2.45) is 0 Å². The molecule has 0 saturated heterocycles. The van der Waals surface area contributed by atoms with Crippen molar-refractivity contribution >= 4 is 27.3 Å². The SMILES string of the molecule is CN(CCCOc1ccc(C#N)cc1)Cc1csc(Br)c1. The molecule has 21 heavy (non-hydrogen) atoms. The molecule has 2 rings (SSSR count). The van der Waals surface area contributed by atoms with Crippen LogP contribution < -0.4 is 4.74 Å². The van der Waals surface area contributed by atoms with Crippen molar-refractivity contribution in [2.75, 3.05) is 20.2 Å². The topological polar surface area (TPSA) is 36.3 Å². The van der Waals surface area contributed by atoms with Gasteiger partial charge in [-0.25, -0.2) is 0 Å². The Hall–Kier alpha value is -1.35. The molecule has 0 fully saturated rings. The van der Waals surface area contributed by atoms with E-state index in [1.165, 1.54) is 9.35 Å². The highest BCUT2D eigenvalue weighted by Crippen LogP contribution is 2.21. The van der Waals surface area contributed by atoms with E-state index in [1.807, 2.05) is 12.1 Å². The van der Waals surface area contributed by atoms with Gasteiger partial charge >= 0.3 is 0 Å². The van der Waals surface area contributed by atoms with Gasteiger partial charge in [-0.1, -0.05) is 0 Å². The fourth-order valence-electron chi connectivity index (χ4n) is 1.97. The van der Waals surface area contributed by atoms with Gasteiger partial charge < -0.3 is 9.64 Å². The van der Waals surface area contributed by atoms with E-state index in [-0.39, 0.29) is 0 Å². The van der Waals surface area contributed by atoms with Gasteiger partial charge in [-0.2, -0.15) is 5.26 Å². The molecule has 0 amide bonds. The molecule has 0 unspecified atom stereocenters. The number of nitrogens with zero attached hydrogens (tertiary/aromatic N) is 2. The average molecular weight is 365 g/mol. The molecule has 1 aromatic heterocycles. The van der Waals surface area contributed by atoms with Gasteiger partial charge in [-0.3, -0.25) is 0 Å². The van der Waals surface area contributed by atoms with Crippen molar-refractivity contribution < 1.29 is 4.74 Å². The van der Waals surface area contributed by atoms with E-state index in [4.69, 9.17) is 10.00 Å². The number of rotatable bonds is 7. The lowest BCUT2D eigenvalue weighted by Crippen LogP contribution is -2.20. The van der Waals surface area contributed by atoms with Crippen LogP contribution in [0.4, 0.5) is 0 Å². The van der Waals surface area contributed by atoms with Gasteiger partial charge in [0.2, 0.25) is 0 Å². The summed E-state index contributed by atoms with van der Waals surface area (Å²) in [6.07, 6.45) is 0.974. The minimum absolute atomic E-state index is 0.656. The lowest BCUT2D eigenvalue weighted by atomic mass is 10.2. The molecule has 0 saturated carbocycles. The molecule has 5 heteroatoms. The average Bonchev–Trinajstić information content (AvgIpc) is 2.89. The van der Waals surface area contributed by atoms with E-state index in [1.54, 1.807) is 23.5 Å². The number of benzene rings is 1. The number of thiophene rings is 1. The second-order valence-corrected chi connectivity index (χ2v) is 7.13. The van der Waals surface area contributed by atoms with Crippen LogP contribution >= 0.6 is 27.3 Å². The van der Waals surface area contributed by atoms with Crippen LogP contribution in [0.3, 0.4) is 0 Å². The molecule has 2 aromatic rings. The summed E-state index contributed by atoms with van der Waals surface area (Å²) in [5, 5.41) is 10.9. The van der Waals surface area contributed by atoms with Crippen LogP contribution in [0.5, 0.6) is 5.75 Å². The molecular weight excluding hydrogens is 348 g/mol. The fourth-order valence-corrected chi connectivity index (χ4v) is 3.17. The number of hydrogen-bond donors (Lipinski definition) is 0. The lowest BCUT2D eigenvalue weighted by molar-refractivity contribution is 0.259. The normalized spacial score (nSPS) is 10.6. The van der Waals surface area contributed by atoms with Crippen LogP contribution in [0.25, 0.3) is 0 Å². The van der Waals surface area contributed by atoms with Gasteiger partial charge in [0.1, 0.15) is 5.75 Å². The third-order valence-electron chi connectivity index (χ3n) is 3.01. The van der Waals surface area contributed by atoms with Crippen molar-refractivity contribution in [1.82, 2.24) is 4.90 Å². The van der Waals surface area contributed by atoms with Gasteiger partial charge in [0.15, 0.2) is 0 Å². The predicted molar refractivity (Wildman–Crippen MR) is 89.6 cm³/mol. The van der Waals surface area contributed by atoms with Crippen LogP contribution in [0.2, 0.25) is 0 Å². The highest BCUT2D eigenvalue weighted by molar-refractivity contribution is 9.11. The standard InChI is InChI=1S/C16H17BrN2OS/c1-19(11-14-9-16(17)21-12-14)7-2-8-20-15-5-3-13(10-18)4-6-15/h3-6,9,12H,2,7-8,11H2,1H3. The van der Waals surface area contributed by atoms with E-state index in [2.05, 4.69) is 45.4 Å². The van der Waals surface area contributed by atoms with Gasteiger partial charge in [-0.15, -0.1) is 11.3 Å². The third kappa shape index (κ3) is 5.50. The van der Waals surface area contributed by atoms with Crippen LogP contribution in [-0.4, -0.2) is 25.1 Å². The Labute approximate surface area is 137 Å². The number of hydrogen-bond acceptors (Lipinski definition) is 4. The Morgan fingerprint density at radius 2 is 2.10 bits per heavy atom. The first-order chi connectivity index (χ1) is 10.2. The van der Waals surface area contributed by atoms with E-state index in [0.717, 1.165) is 25.3 Å². The van der Waals surface area contributed by atoms with Crippen LogP contribution in [0.1, 0.15) is 17.5 Å². The molecule has 0 N–H and O–H groups in total. The van der Waals surface area contributed by atoms with Crippen LogP contribution in [-0.2, 0) is 6.54 Å². The van der Waals surface area contributed by atoms with Crippen LogP contribution in [0.15, 0.2) is 39.5 Å². The summed E-state index contributed by atoms with van der Waals surface area (Å²) in [6.45, 7) is 2.63. The highest BCUT2D eigenvalue weighted by Gasteiger charge is 2.03. The van der Waals surface area contributed by atoms with Crippen molar-refractivity contribution in [1.29, 1.82) is 5.26 Å². The molecule has 110 valence electrons.